The Labute approximate surface area is 87.4 Å². The molecule has 0 bridgehead atoms. The van der Waals surface area contributed by atoms with Gasteiger partial charge in [-0.15, -0.1) is 0 Å². The first-order valence-electron chi connectivity index (χ1n) is 5.41. The van der Waals surface area contributed by atoms with E-state index in [2.05, 4.69) is 32.7 Å². The van der Waals surface area contributed by atoms with E-state index in [9.17, 15) is 0 Å². The smallest absolute Gasteiger partial charge is 0.0623 e. The van der Waals surface area contributed by atoms with Crippen LogP contribution in [0, 0.1) is 0 Å². The molecule has 1 aliphatic heterocycles. The molecule has 0 aromatic heterocycles. The van der Waals surface area contributed by atoms with Crippen LogP contribution < -0.4 is 0 Å². The van der Waals surface area contributed by atoms with E-state index in [1.54, 1.807) is 0 Å². The van der Waals surface area contributed by atoms with Crippen LogP contribution in [0.5, 0.6) is 0 Å². The quantitative estimate of drug-likeness (QED) is 0.691. The molecule has 0 radical (unpaired) electrons. The predicted molar refractivity (Wildman–Crippen MR) is 57.6 cm³/mol. The fraction of sp³-hybridized carbons (Fsp3) is 1.00. The molecule has 0 saturated carbocycles. The Morgan fingerprint density at radius 1 is 1.43 bits per heavy atom. The van der Waals surface area contributed by atoms with Gasteiger partial charge in [-0.2, -0.15) is 0 Å². The van der Waals surface area contributed by atoms with Crippen molar-refractivity contribution in [3.05, 3.63) is 0 Å². The first-order chi connectivity index (χ1) is 6.49. The van der Waals surface area contributed by atoms with Crippen molar-refractivity contribution in [2.75, 3.05) is 33.4 Å². The zero-order chi connectivity index (χ0) is 10.6. The van der Waals surface area contributed by atoms with Gasteiger partial charge in [0.15, 0.2) is 0 Å². The van der Waals surface area contributed by atoms with Gasteiger partial charge in [0.05, 0.1) is 18.8 Å². The lowest BCUT2D eigenvalue weighted by Crippen LogP contribution is -2.43. The zero-order valence-corrected chi connectivity index (χ0v) is 9.88. The number of ether oxygens (including phenoxy) is 2. The molecule has 84 valence electrons. The van der Waals surface area contributed by atoms with Crippen LogP contribution in [0.1, 0.15) is 27.2 Å². The van der Waals surface area contributed by atoms with E-state index in [0.29, 0.717) is 6.04 Å². The van der Waals surface area contributed by atoms with Gasteiger partial charge >= 0.3 is 0 Å². The van der Waals surface area contributed by atoms with Crippen molar-refractivity contribution < 1.29 is 9.47 Å². The highest BCUT2D eigenvalue weighted by Crippen LogP contribution is 2.11. The predicted octanol–water partition coefficient (Wildman–Crippen LogP) is 1.52. The SMILES string of the molecule is CN1CCOCC1CCOC(C)(C)C. The van der Waals surface area contributed by atoms with Gasteiger partial charge < -0.3 is 9.47 Å². The topological polar surface area (TPSA) is 21.7 Å². The number of morpholine rings is 1. The Hall–Kier alpha value is -0.120. The third-order valence-electron chi connectivity index (χ3n) is 2.51. The van der Waals surface area contributed by atoms with Crippen molar-refractivity contribution in [1.82, 2.24) is 4.90 Å². The average molecular weight is 201 g/mol. The molecule has 3 heteroatoms. The van der Waals surface area contributed by atoms with Crippen LogP contribution >= 0.6 is 0 Å². The highest BCUT2D eigenvalue weighted by Gasteiger charge is 2.20. The third kappa shape index (κ3) is 4.40. The maximum absolute atomic E-state index is 5.70. The van der Waals surface area contributed by atoms with Crippen molar-refractivity contribution in [3.63, 3.8) is 0 Å². The molecule has 1 rings (SSSR count). The summed E-state index contributed by atoms with van der Waals surface area (Å²) >= 11 is 0. The summed E-state index contributed by atoms with van der Waals surface area (Å²) in [5.41, 5.74) is -0.0197. The Morgan fingerprint density at radius 2 is 2.14 bits per heavy atom. The highest BCUT2D eigenvalue weighted by atomic mass is 16.5. The summed E-state index contributed by atoms with van der Waals surface area (Å²) in [5, 5.41) is 0. The molecule has 1 atom stereocenters. The normalized spacial score (nSPS) is 25.3. The lowest BCUT2D eigenvalue weighted by atomic mass is 10.1. The summed E-state index contributed by atoms with van der Waals surface area (Å²) in [7, 11) is 2.16. The van der Waals surface area contributed by atoms with Gasteiger partial charge in [0.1, 0.15) is 0 Å². The van der Waals surface area contributed by atoms with Gasteiger partial charge in [-0.05, 0) is 34.2 Å². The van der Waals surface area contributed by atoms with E-state index in [0.717, 1.165) is 32.8 Å². The molecule has 1 saturated heterocycles. The minimum absolute atomic E-state index is 0.0197. The molecule has 0 aromatic rings. The molecule has 0 amide bonds. The molecule has 1 unspecified atom stereocenters. The van der Waals surface area contributed by atoms with Crippen LogP contribution in [0.4, 0.5) is 0 Å². The van der Waals surface area contributed by atoms with E-state index in [1.807, 2.05) is 0 Å². The number of hydrogen-bond acceptors (Lipinski definition) is 3. The Balaban J connectivity index is 2.17. The van der Waals surface area contributed by atoms with Crippen LogP contribution in [-0.4, -0.2) is 50.0 Å². The van der Waals surface area contributed by atoms with Crippen LogP contribution in [0.15, 0.2) is 0 Å². The summed E-state index contributed by atoms with van der Waals surface area (Å²) in [6, 6.07) is 0.533. The number of nitrogens with zero attached hydrogens (tertiary/aromatic N) is 1. The van der Waals surface area contributed by atoms with Gasteiger partial charge in [0.25, 0.3) is 0 Å². The molecule has 1 fully saturated rings. The van der Waals surface area contributed by atoms with Crippen LogP contribution in [0.2, 0.25) is 0 Å². The second-order valence-electron chi connectivity index (χ2n) is 4.96. The summed E-state index contributed by atoms with van der Waals surface area (Å²) in [5.74, 6) is 0. The maximum atomic E-state index is 5.70. The molecule has 1 aliphatic rings. The monoisotopic (exact) mass is 201 g/mol. The summed E-state index contributed by atoms with van der Waals surface area (Å²) in [6.45, 7) is 9.86. The summed E-state index contributed by atoms with van der Waals surface area (Å²) in [6.07, 6.45) is 1.06. The molecule has 0 N–H and O–H groups in total. The second-order valence-corrected chi connectivity index (χ2v) is 4.96. The van der Waals surface area contributed by atoms with E-state index in [1.165, 1.54) is 0 Å². The Morgan fingerprint density at radius 3 is 2.71 bits per heavy atom. The van der Waals surface area contributed by atoms with E-state index in [-0.39, 0.29) is 5.60 Å². The van der Waals surface area contributed by atoms with E-state index < -0.39 is 0 Å². The maximum Gasteiger partial charge on any atom is 0.0623 e. The Kier molecular flexibility index (Phi) is 4.35. The standard InChI is InChI=1S/C11H23NO2/c1-11(2,3)14-7-5-10-9-13-8-6-12(10)4/h10H,5-9H2,1-4H3. The lowest BCUT2D eigenvalue weighted by Gasteiger charge is -2.33. The molecule has 0 aliphatic carbocycles. The lowest BCUT2D eigenvalue weighted by molar-refractivity contribution is -0.0386. The summed E-state index contributed by atoms with van der Waals surface area (Å²) in [4.78, 5) is 2.36. The van der Waals surface area contributed by atoms with Gasteiger partial charge in [0, 0.05) is 19.2 Å². The van der Waals surface area contributed by atoms with Gasteiger partial charge in [-0.3, -0.25) is 4.90 Å². The molecular weight excluding hydrogens is 178 g/mol. The van der Waals surface area contributed by atoms with E-state index >= 15 is 0 Å². The summed E-state index contributed by atoms with van der Waals surface area (Å²) < 4.78 is 11.1. The molecule has 14 heavy (non-hydrogen) atoms. The molecule has 1 heterocycles. The number of likely N-dealkylation sites (N-methyl/N-ethyl adjacent to an activating group) is 1. The molecule has 3 nitrogen and oxygen atoms in total. The van der Waals surface area contributed by atoms with Gasteiger partial charge in [-0.1, -0.05) is 0 Å². The first-order valence-corrected chi connectivity index (χ1v) is 5.41. The van der Waals surface area contributed by atoms with Gasteiger partial charge in [0.2, 0.25) is 0 Å². The van der Waals surface area contributed by atoms with E-state index in [4.69, 9.17) is 9.47 Å². The zero-order valence-electron chi connectivity index (χ0n) is 9.88. The van der Waals surface area contributed by atoms with Crippen molar-refractivity contribution in [3.8, 4) is 0 Å². The van der Waals surface area contributed by atoms with Crippen molar-refractivity contribution >= 4 is 0 Å². The van der Waals surface area contributed by atoms with Crippen LogP contribution in [0.25, 0.3) is 0 Å². The molecule has 0 aromatic carbocycles. The van der Waals surface area contributed by atoms with Gasteiger partial charge in [-0.25, -0.2) is 0 Å². The minimum Gasteiger partial charge on any atom is -0.378 e. The van der Waals surface area contributed by atoms with Crippen LogP contribution in [0.3, 0.4) is 0 Å². The third-order valence-corrected chi connectivity index (χ3v) is 2.51. The van der Waals surface area contributed by atoms with Crippen LogP contribution in [-0.2, 0) is 9.47 Å². The number of rotatable bonds is 3. The fourth-order valence-electron chi connectivity index (χ4n) is 1.54. The van der Waals surface area contributed by atoms with Crippen molar-refractivity contribution in [2.45, 2.75) is 38.8 Å². The van der Waals surface area contributed by atoms with Crippen molar-refractivity contribution in [1.29, 1.82) is 0 Å². The highest BCUT2D eigenvalue weighted by molar-refractivity contribution is 4.72. The largest absolute Gasteiger partial charge is 0.378 e. The fourth-order valence-corrected chi connectivity index (χ4v) is 1.54. The molecule has 0 spiro atoms. The van der Waals surface area contributed by atoms with Crippen molar-refractivity contribution in [2.24, 2.45) is 0 Å². The second kappa shape index (κ2) is 5.10. The molecular formula is C11H23NO2. The number of hydrogen-bond donors (Lipinski definition) is 0. The average Bonchev–Trinajstić information content (AvgIpc) is 2.06. The first kappa shape index (κ1) is 12.0. The minimum atomic E-state index is -0.0197. The Bertz CT molecular complexity index is 165.